The van der Waals surface area contributed by atoms with Gasteiger partial charge >= 0.3 is 0 Å². The fourth-order valence-electron chi connectivity index (χ4n) is 7.18. The van der Waals surface area contributed by atoms with E-state index in [0.29, 0.717) is 17.5 Å². The molecule has 0 unspecified atom stereocenters. The molecular formula is C45H27N3S. The van der Waals surface area contributed by atoms with Crippen molar-refractivity contribution in [2.24, 2.45) is 0 Å². The summed E-state index contributed by atoms with van der Waals surface area (Å²) >= 11 is 1.88. The molecule has 0 atom stereocenters. The summed E-state index contributed by atoms with van der Waals surface area (Å²) in [7, 11) is 0. The van der Waals surface area contributed by atoms with Gasteiger partial charge in [0.15, 0.2) is 17.5 Å². The molecule has 10 aromatic rings. The van der Waals surface area contributed by atoms with Crippen molar-refractivity contribution in [2.75, 3.05) is 0 Å². The first-order chi connectivity index (χ1) is 24.3. The van der Waals surface area contributed by atoms with Crippen molar-refractivity contribution in [3.63, 3.8) is 0 Å². The van der Waals surface area contributed by atoms with Crippen molar-refractivity contribution in [3.05, 3.63) is 164 Å². The third kappa shape index (κ3) is 4.61. The van der Waals surface area contributed by atoms with E-state index in [1.54, 1.807) is 0 Å². The molecule has 49 heavy (non-hydrogen) atoms. The van der Waals surface area contributed by atoms with Crippen molar-refractivity contribution in [1.82, 2.24) is 15.0 Å². The molecule has 10 rings (SSSR count). The highest BCUT2D eigenvalue weighted by molar-refractivity contribution is 7.26. The zero-order chi connectivity index (χ0) is 32.3. The van der Waals surface area contributed by atoms with E-state index in [0.717, 1.165) is 27.8 Å². The monoisotopic (exact) mass is 641 g/mol. The molecule has 2 aromatic heterocycles. The largest absolute Gasteiger partial charge is 0.208 e. The molecule has 0 fully saturated rings. The molecule has 3 nitrogen and oxygen atoms in total. The zero-order valence-electron chi connectivity index (χ0n) is 26.3. The van der Waals surface area contributed by atoms with Crippen molar-refractivity contribution in [1.29, 1.82) is 0 Å². The maximum absolute atomic E-state index is 5.14. The molecule has 0 N–H and O–H groups in total. The van der Waals surface area contributed by atoms with Crippen LogP contribution in [-0.2, 0) is 0 Å². The van der Waals surface area contributed by atoms with Crippen molar-refractivity contribution >= 4 is 63.8 Å². The lowest BCUT2D eigenvalue weighted by Gasteiger charge is -2.13. The number of hydrogen-bond acceptors (Lipinski definition) is 4. The topological polar surface area (TPSA) is 38.7 Å². The van der Waals surface area contributed by atoms with Crippen LogP contribution in [0, 0.1) is 0 Å². The van der Waals surface area contributed by atoms with E-state index in [2.05, 4.69) is 140 Å². The Labute approximate surface area is 286 Å². The summed E-state index contributed by atoms with van der Waals surface area (Å²) in [6, 6.07) is 57.9. The number of rotatable bonds is 4. The first-order valence-electron chi connectivity index (χ1n) is 16.4. The highest BCUT2D eigenvalue weighted by atomic mass is 32.1. The van der Waals surface area contributed by atoms with E-state index in [1.807, 2.05) is 35.6 Å². The fraction of sp³-hybridized carbons (Fsp3) is 0. The third-order valence-corrected chi connectivity index (χ3v) is 10.7. The number of thiophene rings is 1. The molecule has 0 amide bonds. The normalized spacial score (nSPS) is 11.7. The smallest absolute Gasteiger partial charge is 0.164 e. The fourth-order valence-corrected chi connectivity index (χ4v) is 8.44. The van der Waals surface area contributed by atoms with E-state index in [1.165, 1.54) is 52.5 Å². The Kier molecular flexibility index (Phi) is 6.36. The van der Waals surface area contributed by atoms with Crippen molar-refractivity contribution in [2.45, 2.75) is 0 Å². The molecular weight excluding hydrogens is 615 g/mol. The molecule has 0 aliphatic rings. The molecule has 0 aliphatic carbocycles. The second kappa shape index (κ2) is 11.2. The van der Waals surface area contributed by atoms with E-state index >= 15 is 0 Å². The van der Waals surface area contributed by atoms with Crippen LogP contribution in [0.1, 0.15) is 0 Å². The van der Waals surface area contributed by atoms with Crippen molar-refractivity contribution in [3.8, 4) is 45.3 Å². The summed E-state index contributed by atoms with van der Waals surface area (Å²) in [5.41, 5.74) is 5.14. The first kappa shape index (κ1) is 27.8. The first-order valence-corrected chi connectivity index (χ1v) is 17.3. The molecule has 0 radical (unpaired) electrons. The summed E-state index contributed by atoms with van der Waals surface area (Å²) in [5.74, 6) is 1.96. The van der Waals surface area contributed by atoms with Gasteiger partial charge in [0.25, 0.3) is 0 Å². The van der Waals surface area contributed by atoms with Gasteiger partial charge in [0.2, 0.25) is 0 Å². The number of hydrogen-bond donors (Lipinski definition) is 0. The second-order valence-corrected chi connectivity index (χ2v) is 13.4. The van der Waals surface area contributed by atoms with E-state index in [4.69, 9.17) is 15.0 Å². The summed E-state index contributed by atoms with van der Waals surface area (Å²) < 4.78 is 2.64. The Bertz CT molecular complexity index is 2880. The third-order valence-electron chi connectivity index (χ3n) is 9.50. The highest BCUT2D eigenvalue weighted by Crippen LogP contribution is 2.45. The minimum Gasteiger partial charge on any atom is -0.208 e. The van der Waals surface area contributed by atoms with Crippen LogP contribution in [0.4, 0.5) is 0 Å². The van der Waals surface area contributed by atoms with E-state index in [9.17, 15) is 0 Å². The molecule has 4 heteroatoms. The summed E-state index contributed by atoms with van der Waals surface area (Å²) in [4.78, 5) is 15.3. The van der Waals surface area contributed by atoms with Gasteiger partial charge < -0.3 is 0 Å². The van der Waals surface area contributed by atoms with Gasteiger partial charge in [-0.05, 0) is 56.3 Å². The zero-order valence-corrected chi connectivity index (χ0v) is 27.2. The Balaban J connectivity index is 1.22. The number of fused-ring (bicyclic) bond motifs is 10. The maximum Gasteiger partial charge on any atom is 0.164 e. The van der Waals surface area contributed by atoms with Crippen LogP contribution in [0.15, 0.2) is 164 Å². The molecule has 2 heterocycles. The van der Waals surface area contributed by atoms with Crippen LogP contribution in [0.5, 0.6) is 0 Å². The Morgan fingerprint density at radius 2 is 0.816 bits per heavy atom. The SMILES string of the molecule is c1ccc(-c2cccc(-c3nc(-c4ccccc4)nc(-c4ccc5c(c4)c4ccccc4c4ccc6c7ccccc7sc6c45)n3)c2)cc1. The molecule has 228 valence electrons. The standard InChI is InChI=1S/C45H27N3S/c1-3-12-28(13-4-1)30-16-11-17-31(26-30)44-46-43(29-14-5-2-6-15-29)47-45(48-44)32-22-23-37-39(27-32)34-19-8-7-18-33(34)36-24-25-38-35-20-9-10-21-40(35)49-42(38)41(36)37/h1-27H. The van der Waals surface area contributed by atoms with Crippen LogP contribution in [0.2, 0.25) is 0 Å². The van der Waals surface area contributed by atoms with Crippen LogP contribution in [0.25, 0.3) is 97.8 Å². The van der Waals surface area contributed by atoms with Crippen molar-refractivity contribution < 1.29 is 0 Å². The minimum atomic E-state index is 0.650. The van der Waals surface area contributed by atoms with Gasteiger partial charge in [0.1, 0.15) is 0 Å². The average Bonchev–Trinajstić information content (AvgIpc) is 3.57. The molecule has 0 saturated heterocycles. The lowest BCUT2D eigenvalue weighted by atomic mass is 9.92. The Hall–Kier alpha value is -6.23. The molecule has 0 aliphatic heterocycles. The van der Waals surface area contributed by atoms with Gasteiger partial charge in [-0.1, -0.05) is 146 Å². The van der Waals surface area contributed by atoms with Gasteiger partial charge in [0, 0.05) is 42.2 Å². The van der Waals surface area contributed by atoms with E-state index < -0.39 is 0 Å². The van der Waals surface area contributed by atoms with E-state index in [-0.39, 0.29) is 0 Å². The second-order valence-electron chi connectivity index (χ2n) is 12.4. The molecule has 0 saturated carbocycles. The van der Waals surface area contributed by atoms with Crippen LogP contribution in [0.3, 0.4) is 0 Å². The molecule has 8 aromatic carbocycles. The lowest BCUT2D eigenvalue weighted by molar-refractivity contribution is 1.07. The molecule has 0 bridgehead atoms. The van der Waals surface area contributed by atoms with Crippen LogP contribution in [-0.4, -0.2) is 15.0 Å². The van der Waals surface area contributed by atoms with Gasteiger partial charge in [-0.2, -0.15) is 0 Å². The van der Waals surface area contributed by atoms with Gasteiger partial charge in [-0.25, -0.2) is 15.0 Å². The Morgan fingerprint density at radius 1 is 0.306 bits per heavy atom. The number of aromatic nitrogens is 3. The highest BCUT2D eigenvalue weighted by Gasteiger charge is 2.17. The quantitative estimate of drug-likeness (QED) is 0.180. The average molecular weight is 642 g/mol. The molecule has 0 spiro atoms. The summed E-state index contributed by atoms with van der Waals surface area (Å²) in [5, 5.41) is 10.1. The lowest BCUT2D eigenvalue weighted by Crippen LogP contribution is -2.00. The number of benzene rings is 8. The van der Waals surface area contributed by atoms with Gasteiger partial charge in [0.05, 0.1) is 0 Å². The van der Waals surface area contributed by atoms with Gasteiger partial charge in [-0.3, -0.25) is 0 Å². The predicted molar refractivity (Wildman–Crippen MR) is 207 cm³/mol. The predicted octanol–water partition coefficient (Wildman–Crippen LogP) is 12.4. The minimum absolute atomic E-state index is 0.650. The number of nitrogens with zero attached hydrogens (tertiary/aromatic N) is 3. The summed E-state index contributed by atoms with van der Waals surface area (Å²) in [6.45, 7) is 0. The summed E-state index contributed by atoms with van der Waals surface area (Å²) in [6.07, 6.45) is 0. The van der Waals surface area contributed by atoms with Crippen LogP contribution >= 0.6 is 11.3 Å². The van der Waals surface area contributed by atoms with Crippen LogP contribution < -0.4 is 0 Å². The van der Waals surface area contributed by atoms with Gasteiger partial charge in [-0.15, -0.1) is 11.3 Å². The maximum atomic E-state index is 5.14. The Morgan fingerprint density at radius 3 is 1.57 bits per heavy atom.